The van der Waals surface area contributed by atoms with Crippen molar-refractivity contribution in [1.29, 1.82) is 5.26 Å². The van der Waals surface area contributed by atoms with Gasteiger partial charge in [-0.25, -0.2) is 4.98 Å². The average Bonchev–Trinajstić information content (AvgIpc) is 3.64. The lowest BCUT2D eigenvalue weighted by atomic mass is 9.93. The predicted molar refractivity (Wildman–Crippen MR) is 128 cm³/mol. The van der Waals surface area contributed by atoms with Crippen LogP contribution in [0.4, 0.5) is 5.82 Å². The molecule has 0 radical (unpaired) electrons. The van der Waals surface area contributed by atoms with Crippen LogP contribution in [0.5, 0.6) is 0 Å². The summed E-state index contributed by atoms with van der Waals surface area (Å²) < 4.78 is 0. The second-order valence-corrected chi connectivity index (χ2v) is 8.78. The molecule has 4 rings (SSSR count). The zero-order valence-electron chi connectivity index (χ0n) is 19.0. The Kier molecular flexibility index (Phi) is 6.29. The maximum Gasteiger partial charge on any atom is 0.147 e. The quantitative estimate of drug-likeness (QED) is 0.709. The molecule has 2 aromatic heterocycles. The molecule has 2 fully saturated rings. The van der Waals surface area contributed by atoms with E-state index in [4.69, 9.17) is 4.98 Å². The van der Waals surface area contributed by atoms with Crippen molar-refractivity contribution >= 4 is 11.9 Å². The molecule has 2 aliphatic rings. The Bertz CT molecular complexity index is 1080. The lowest BCUT2D eigenvalue weighted by molar-refractivity contribution is 0.216. The van der Waals surface area contributed by atoms with Crippen LogP contribution in [-0.2, 0) is 0 Å². The molecule has 1 N–H and O–H groups in total. The molecule has 6 heteroatoms. The fourth-order valence-corrected chi connectivity index (χ4v) is 4.70. The fraction of sp³-hybridized carbons (Fsp3) is 0.423. The number of aromatic nitrogens is 2. The molecule has 1 atom stereocenters. The van der Waals surface area contributed by atoms with Crippen LogP contribution in [0.25, 0.3) is 17.2 Å². The zero-order chi connectivity index (χ0) is 22.8. The molecule has 1 saturated heterocycles. The number of anilines is 1. The Hall–Kier alpha value is -3.17. The summed E-state index contributed by atoms with van der Waals surface area (Å²) in [5.41, 5.74) is 6.63. The first kappa shape index (κ1) is 22.0. The van der Waals surface area contributed by atoms with Crippen LogP contribution >= 0.6 is 0 Å². The number of piperazine rings is 1. The van der Waals surface area contributed by atoms with Crippen LogP contribution < -0.4 is 4.90 Å². The lowest BCUT2D eigenvalue weighted by Crippen LogP contribution is -2.51. The Labute approximate surface area is 190 Å². The molecule has 0 spiro atoms. The van der Waals surface area contributed by atoms with Gasteiger partial charge in [0.1, 0.15) is 11.9 Å². The van der Waals surface area contributed by atoms with E-state index in [1.54, 1.807) is 12.3 Å². The summed E-state index contributed by atoms with van der Waals surface area (Å²) in [5, 5.41) is 19.4. The highest BCUT2D eigenvalue weighted by molar-refractivity contribution is 5.77. The smallest absolute Gasteiger partial charge is 0.147 e. The van der Waals surface area contributed by atoms with E-state index < -0.39 is 0 Å². The van der Waals surface area contributed by atoms with E-state index in [1.165, 1.54) is 0 Å². The van der Waals surface area contributed by atoms with Crippen molar-refractivity contribution in [2.45, 2.75) is 45.1 Å². The molecule has 1 aliphatic heterocycles. The van der Waals surface area contributed by atoms with Gasteiger partial charge in [-0.15, -0.1) is 0 Å². The first-order chi connectivity index (χ1) is 15.5. The molecule has 0 aromatic carbocycles. The molecular formula is C26H31N5O. The van der Waals surface area contributed by atoms with E-state index in [0.717, 1.165) is 72.1 Å². The van der Waals surface area contributed by atoms with Gasteiger partial charge in [-0.2, -0.15) is 5.26 Å². The Morgan fingerprint density at radius 3 is 2.78 bits per heavy atom. The summed E-state index contributed by atoms with van der Waals surface area (Å²) in [5.74, 6) is 1.24. The van der Waals surface area contributed by atoms with E-state index in [2.05, 4.69) is 40.9 Å². The van der Waals surface area contributed by atoms with Gasteiger partial charge in [0.2, 0.25) is 0 Å². The van der Waals surface area contributed by atoms with Crippen molar-refractivity contribution < 1.29 is 5.11 Å². The number of hydrogen-bond acceptors (Lipinski definition) is 6. The number of rotatable bonds is 7. The van der Waals surface area contributed by atoms with Crippen LogP contribution in [0.3, 0.4) is 0 Å². The highest BCUT2D eigenvalue weighted by atomic mass is 16.3. The number of aliphatic hydroxyl groups excluding tert-OH is 1. The van der Waals surface area contributed by atoms with Crippen LogP contribution in [0.15, 0.2) is 37.2 Å². The van der Waals surface area contributed by atoms with Gasteiger partial charge < -0.3 is 14.9 Å². The van der Waals surface area contributed by atoms with E-state index in [9.17, 15) is 10.4 Å². The summed E-state index contributed by atoms with van der Waals surface area (Å²) in [4.78, 5) is 14.0. The van der Waals surface area contributed by atoms with Gasteiger partial charge in [-0.3, -0.25) is 4.98 Å². The monoisotopic (exact) mass is 429 g/mol. The van der Waals surface area contributed by atoms with Crippen molar-refractivity contribution in [3.8, 4) is 17.2 Å². The largest absolute Gasteiger partial charge is 0.396 e. The third-order valence-corrected chi connectivity index (χ3v) is 6.54. The summed E-state index contributed by atoms with van der Waals surface area (Å²) in [6, 6.07) is 6.71. The van der Waals surface area contributed by atoms with Crippen LogP contribution in [0.2, 0.25) is 0 Å². The van der Waals surface area contributed by atoms with Gasteiger partial charge in [-0.05, 0) is 56.0 Å². The van der Waals surface area contributed by atoms with Gasteiger partial charge >= 0.3 is 0 Å². The molecular weight excluding hydrogens is 398 g/mol. The Balaban J connectivity index is 1.74. The van der Waals surface area contributed by atoms with Crippen molar-refractivity contribution in [3.63, 3.8) is 0 Å². The van der Waals surface area contributed by atoms with Gasteiger partial charge in [0.05, 0.1) is 17.0 Å². The molecule has 6 nitrogen and oxygen atoms in total. The average molecular weight is 430 g/mol. The van der Waals surface area contributed by atoms with Gasteiger partial charge in [0, 0.05) is 62.1 Å². The first-order valence-corrected chi connectivity index (χ1v) is 11.3. The van der Waals surface area contributed by atoms with Crippen LogP contribution in [0, 0.1) is 18.3 Å². The number of pyridine rings is 2. The number of nitriles is 1. The van der Waals surface area contributed by atoms with Crippen molar-refractivity contribution in [3.05, 3.63) is 59.7 Å². The molecule has 1 unspecified atom stereocenters. The molecule has 0 amide bonds. The molecule has 0 bridgehead atoms. The summed E-state index contributed by atoms with van der Waals surface area (Å²) in [6.45, 7) is 14.6. The van der Waals surface area contributed by atoms with E-state index >= 15 is 0 Å². The van der Waals surface area contributed by atoms with Gasteiger partial charge in [-0.1, -0.05) is 13.2 Å². The lowest BCUT2D eigenvalue weighted by Gasteiger charge is -2.43. The van der Waals surface area contributed by atoms with E-state index in [-0.39, 0.29) is 12.6 Å². The number of hydrogen-bond donors (Lipinski definition) is 1. The SMILES string of the molecule is C=Cc1cc(-c2c(C3CC3)nc(N3CCN(C(=C)CCO)C(C)C3)c(C#N)c2C)ccn1. The van der Waals surface area contributed by atoms with Crippen molar-refractivity contribution in [1.82, 2.24) is 14.9 Å². The maximum absolute atomic E-state index is 10.1. The fourth-order valence-electron chi connectivity index (χ4n) is 4.70. The van der Waals surface area contributed by atoms with Crippen molar-refractivity contribution in [2.75, 3.05) is 31.1 Å². The zero-order valence-corrected chi connectivity index (χ0v) is 19.0. The third kappa shape index (κ3) is 4.13. The highest BCUT2D eigenvalue weighted by Crippen LogP contribution is 2.46. The highest BCUT2D eigenvalue weighted by Gasteiger charge is 2.33. The summed E-state index contributed by atoms with van der Waals surface area (Å²) in [6.07, 6.45) is 6.39. The number of aliphatic hydroxyl groups is 1. The molecule has 1 saturated carbocycles. The maximum atomic E-state index is 10.1. The van der Waals surface area contributed by atoms with Crippen LogP contribution in [0.1, 0.15) is 54.6 Å². The molecule has 32 heavy (non-hydrogen) atoms. The van der Waals surface area contributed by atoms with E-state index in [0.29, 0.717) is 17.9 Å². The second kappa shape index (κ2) is 9.13. The third-order valence-electron chi connectivity index (χ3n) is 6.54. The normalized spacial score (nSPS) is 18.4. The molecule has 1 aliphatic carbocycles. The Morgan fingerprint density at radius 2 is 2.16 bits per heavy atom. The minimum Gasteiger partial charge on any atom is -0.396 e. The van der Waals surface area contributed by atoms with Crippen molar-refractivity contribution in [2.24, 2.45) is 0 Å². The summed E-state index contributed by atoms with van der Waals surface area (Å²) >= 11 is 0. The number of nitrogens with zero attached hydrogens (tertiary/aromatic N) is 5. The predicted octanol–water partition coefficient (Wildman–Crippen LogP) is 4.25. The minimum absolute atomic E-state index is 0.111. The standard InChI is InChI=1S/C26H31N5O/c1-5-22-14-21(8-10-28-22)24-19(4)23(15-27)26(29-25(24)20-6-7-20)30-11-12-31(18(3)16-30)17(2)9-13-32/h5,8,10,14,18,20,32H,1-2,6-7,9,11-13,16H2,3-4H3. The molecule has 166 valence electrons. The van der Waals surface area contributed by atoms with E-state index in [1.807, 2.05) is 19.1 Å². The minimum atomic E-state index is 0.111. The summed E-state index contributed by atoms with van der Waals surface area (Å²) in [7, 11) is 0. The molecule has 2 aromatic rings. The first-order valence-electron chi connectivity index (χ1n) is 11.3. The van der Waals surface area contributed by atoms with Crippen LogP contribution in [-0.4, -0.2) is 52.3 Å². The topological polar surface area (TPSA) is 76.3 Å². The molecule has 3 heterocycles. The Morgan fingerprint density at radius 1 is 1.38 bits per heavy atom. The van der Waals surface area contributed by atoms with Gasteiger partial charge in [0.25, 0.3) is 0 Å². The van der Waals surface area contributed by atoms with Gasteiger partial charge in [0.15, 0.2) is 0 Å². The second-order valence-electron chi connectivity index (χ2n) is 8.78.